The van der Waals surface area contributed by atoms with E-state index in [-0.39, 0.29) is 25.9 Å². The highest BCUT2D eigenvalue weighted by Gasteiger charge is 2.28. The topological polar surface area (TPSA) is 155 Å². The number of carbonyl (C=O) groups is 3. The minimum absolute atomic E-state index is 0.124. The molecule has 11 nitrogen and oxygen atoms in total. The van der Waals surface area contributed by atoms with E-state index in [4.69, 9.17) is 23.3 Å². The molecule has 3 atom stereocenters. The number of rotatable bonds is 56. The number of allylic oxidation sites excluding steroid dienone is 18. The van der Waals surface area contributed by atoms with Gasteiger partial charge in [-0.25, -0.2) is 4.57 Å². The molecule has 2 N–H and O–H groups in total. The maximum atomic E-state index is 12.9. The fourth-order valence-corrected chi connectivity index (χ4v) is 8.86. The van der Waals surface area contributed by atoms with Crippen LogP contribution in [-0.2, 0) is 42.2 Å². The van der Waals surface area contributed by atoms with Gasteiger partial charge < -0.3 is 24.2 Å². The second-order valence-corrected chi connectivity index (χ2v) is 21.6. The monoisotopic (exact) mass is 1110 g/mol. The van der Waals surface area contributed by atoms with Crippen molar-refractivity contribution in [3.63, 3.8) is 0 Å². The van der Waals surface area contributed by atoms with Gasteiger partial charge in [-0.05, 0) is 103 Å². The number of aliphatic hydroxyl groups excluding tert-OH is 1. The van der Waals surface area contributed by atoms with Crippen LogP contribution in [0.4, 0.5) is 0 Å². The van der Waals surface area contributed by atoms with Gasteiger partial charge in [0.25, 0.3) is 0 Å². The molecule has 0 aliphatic heterocycles. The van der Waals surface area contributed by atoms with Crippen LogP contribution in [0.3, 0.4) is 0 Å². The molecule has 3 unspecified atom stereocenters. The molecule has 0 saturated heterocycles. The SMILES string of the molecule is CC/C=C\C/C=C\C/C=C\C/C=C\C/C=C\CCCCCC(=O)OC(COC(=O)CCCCCCCCCCCCCCC)COP(=O)(O)OCC(CO)OC(=O)CCCCCCCC/C=C\C/C=C\C/C=C\C/C=C\CC. The predicted octanol–water partition coefficient (Wildman–Crippen LogP) is 18.6. The molecule has 0 aromatic heterocycles. The van der Waals surface area contributed by atoms with Gasteiger partial charge in [0.2, 0.25) is 0 Å². The molecule has 0 fully saturated rings. The summed E-state index contributed by atoms with van der Waals surface area (Å²) in [4.78, 5) is 48.7. The van der Waals surface area contributed by atoms with Gasteiger partial charge in [0.1, 0.15) is 12.7 Å². The molecule has 0 spiro atoms. The first kappa shape index (κ1) is 74.1. The van der Waals surface area contributed by atoms with Gasteiger partial charge >= 0.3 is 25.7 Å². The van der Waals surface area contributed by atoms with Crippen molar-refractivity contribution in [2.24, 2.45) is 0 Å². The van der Waals surface area contributed by atoms with Crippen LogP contribution in [0.5, 0.6) is 0 Å². The lowest BCUT2D eigenvalue weighted by atomic mass is 10.0. The summed E-state index contributed by atoms with van der Waals surface area (Å²) in [6, 6.07) is 0. The summed E-state index contributed by atoms with van der Waals surface area (Å²) in [5, 5.41) is 9.84. The van der Waals surface area contributed by atoms with E-state index in [1.807, 2.05) is 0 Å². The van der Waals surface area contributed by atoms with E-state index < -0.39 is 57.8 Å². The number of carbonyl (C=O) groups excluding carboxylic acids is 3. The summed E-state index contributed by atoms with van der Waals surface area (Å²) in [6.45, 7) is 4.38. The molecule has 0 rings (SSSR count). The fraction of sp³-hybridized carbons (Fsp3) is 0.682. The molecule has 0 radical (unpaired) electrons. The number of unbranched alkanes of at least 4 members (excludes halogenated alkanes) is 21. The second-order valence-electron chi connectivity index (χ2n) is 20.1. The van der Waals surface area contributed by atoms with Gasteiger partial charge in [-0.2, -0.15) is 0 Å². The van der Waals surface area contributed by atoms with E-state index in [2.05, 4.69) is 130 Å². The van der Waals surface area contributed by atoms with E-state index >= 15 is 0 Å². The minimum Gasteiger partial charge on any atom is -0.462 e. The first-order valence-corrected chi connectivity index (χ1v) is 32.3. The molecule has 0 heterocycles. The Balaban J connectivity index is 4.75. The van der Waals surface area contributed by atoms with Crippen LogP contribution in [0.1, 0.15) is 252 Å². The van der Waals surface area contributed by atoms with Gasteiger partial charge in [0.15, 0.2) is 6.10 Å². The van der Waals surface area contributed by atoms with E-state index in [9.17, 15) is 28.9 Å². The third-order valence-electron chi connectivity index (χ3n) is 12.7. The van der Waals surface area contributed by atoms with Crippen molar-refractivity contribution in [1.82, 2.24) is 0 Å². The zero-order valence-corrected chi connectivity index (χ0v) is 50.2. The largest absolute Gasteiger partial charge is 0.472 e. The van der Waals surface area contributed by atoms with Crippen molar-refractivity contribution < 1.29 is 52.2 Å². The smallest absolute Gasteiger partial charge is 0.462 e. The zero-order valence-electron chi connectivity index (χ0n) is 49.3. The fourth-order valence-electron chi connectivity index (χ4n) is 8.08. The number of phosphoric acid groups is 1. The van der Waals surface area contributed by atoms with Gasteiger partial charge in [-0.15, -0.1) is 0 Å². The summed E-state index contributed by atoms with van der Waals surface area (Å²) in [7, 11) is -4.77. The van der Waals surface area contributed by atoms with Crippen molar-refractivity contribution in [2.45, 2.75) is 264 Å². The average molecular weight is 1110 g/mol. The van der Waals surface area contributed by atoms with Crippen molar-refractivity contribution in [3.8, 4) is 0 Å². The Morgan fingerprint density at radius 3 is 1.04 bits per heavy atom. The molecular formula is C66H111O11P. The van der Waals surface area contributed by atoms with E-state index in [0.717, 1.165) is 135 Å². The molecule has 0 aromatic carbocycles. The number of hydrogen-bond donors (Lipinski definition) is 2. The Labute approximate surface area is 475 Å². The molecule has 0 aliphatic rings. The van der Waals surface area contributed by atoms with Crippen molar-refractivity contribution >= 4 is 25.7 Å². The highest BCUT2D eigenvalue weighted by Crippen LogP contribution is 2.43. The van der Waals surface area contributed by atoms with Crippen LogP contribution in [0.2, 0.25) is 0 Å². The van der Waals surface area contributed by atoms with Gasteiger partial charge in [0.05, 0.1) is 19.8 Å². The summed E-state index contributed by atoms with van der Waals surface area (Å²) in [6.07, 6.45) is 71.8. The van der Waals surface area contributed by atoms with Crippen molar-refractivity contribution in [3.05, 3.63) is 109 Å². The Kier molecular flexibility index (Phi) is 56.3. The molecule has 78 heavy (non-hydrogen) atoms. The Hall–Kier alpha value is -3.86. The lowest BCUT2D eigenvalue weighted by molar-refractivity contribution is -0.161. The molecule has 0 aromatic rings. The van der Waals surface area contributed by atoms with E-state index in [0.29, 0.717) is 19.3 Å². The lowest BCUT2D eigenvalue weighted by Crippen LogP contribution is -2.30. The van der Waals surface area contributed by atoms with E-state index in [1.54, 1.807) is 0 Å². The standard InChI is InChI=1S/C66H111O11P/c1-4-7-10-13-16-19-22-25-27-29-31-33-35-38-41-44-47-50-53-56-65(69)76-62(58-67)60-74-78(71,72)75-61-63(59-73-64(68)55-52-49-46-43-40-37-24-21-18-15-12-9-6-3)77-66(70)57-54-51-48-45-42-39-36-34-32-30-28-26-23-20-17-14-11-8-5-2/h7-8,10-11,16-17,19-20,25-28,31-34,39,42,62-63,67H,4-6,9,12-15,18,21-24,29-30,35-38,40-41,43-61H2,1-3H3,(H,71,72)/b10-7-,11-8-,19-16-,20-17-,27-25-,28-26-,33-31-,34-32-,42-39-. The van der Waals surface area contributed by atoms with Crippen LogP contribution in [-0.4, -0.2) is 66.5 Å². The molecule has 0 aliphatic carbocycles. The average Bonchev–Trinajstić information content (AvgIpc) is 3.43. The Bertz CT molecular complexity index is 1720. The van der Waals surface area contributed by atoms with E-state index in [1.165, 1.54) is 57.8 Å². The maximum Gasteiger partial charge on any atom is 0.472 e. The van der Waals surface area contributed by atoms with Gasteiger partial charge in [0, 0.05) is 19.3 Å². The van der Waals surface area contributed by atoms with Crippen LogP contribution in [0.25, 0.3) is 0 Å². The number of esters is 3. The lowest BCUT2D eigenvalue weighted by Gasteiger charge is -2.21. The molecule has 12 heteroatoms. The Morgan fingerprint density at radius 1 is 0.372 bits per heavy atom. The second kappa shape index (κ2) is 59.3. The highest BCUT2D eigenvalue weighted by molar-refractivity contribution is 7.47. The third kappa shape index (κ3) is 56.8. The minimum atomic E-state index is -4.77. The molecule has 0 saturated carbocycles. The third-order valence-corrected chi connectivity index (χ3v) is 13.6. The number of hydrogen-bond acceptors (Lipinski definition) is 10. The highest BCUT2D eigenvalue weighted by atomic mass is 31.2. The first-order valence-electron chi connectivity index (χ1n) is 30.8. The van der Waals surface area contributed by atoms with Crippen LogP contribution in [0, 0.1) is 0 Å². The van der Waals surface area contributed by atoms with Crippen molar-refractivity contribution in [1.29, 1.82) is 0 Å². The van der Waals surface area contributed by atoms with Crippen molar-refractivity contribution in [2.75, 3.05) is 26.4 Å². The quantitative estimate of drug-likeness (QED) is 0.0197. The summed E-state index contributed by atoms with van der Waals surface area (Å²) >= 11 is 0. The molecular weight excluding hydrogens is 1000 g/mol. The Morgan fingerprint density at radius 2 is 0.667 bits per heavy atom. The normalized spacial score (nSPS) is 14.1. The number of phosphoric ester groups is 1. The van der Waals surface area contributed by atoms with Crippen LogP contribution < -0.4 is 0 Å². The van der Waals surface area contributed by atoms with Crippen LogP contribution in [0.15, 0.2) is 109 Å². The number of aliphatic hydroxyl groups is 1. The summed E-state index contributed by atoms with van der Waals surface area (Å²) in [5.74, 6) is -1.52. The van der Waals surface area contributed by atoms with Gasteiger partial charge in [-0.3, -0.25) is 23.4 Å². The molecule has 446 valence electrons. The first-order chi connectivity index (χ1) is 38.2. The summed E-state index contributed by atoms with van der Waals surface area (Å²) < 4.78 is 39.6. The zero-order chi connectivity index (χ0) is 56.9. The maximum absolute atomic E-state index is 12.9. The summed E-state index contributed by atoms with van der Waals surface area (Å²) in [5.41, 5.74) is 0. The predicted molar refractivity (Wildman–Crippen MR) is 325 cm³/mol. The number of ether oxygens (including phenoxy) is 3. The van der Waals surface area contributed by atoms with Gasteiger partial charge in [-0.1, -0.05) is 239 Å². The molecule has 0 amide bonds. The molecule has 0 bridgehead atoms. The van der Waals surface area contributed by atoms with Crippen LogP contribution >= 0.6 is 7.82 Å².